The standard InChI is InChI=1S/C52H62FN3O14/c1-28(57)69-51-27-63-36(51)22-21-33-38(51)44(68-46(58)30-14-11-10-12-15-30)52(61)25-32(24-34(50(52,5)6)42-41(33)65-37(66-42)26-55(7)8)64-47(59)43-40(39-35(53)16-13-23-54-39)56(48(60)70-49(2,3)4)45(67-43)29-17-19-31(62-9)20-18-29/h10-20,23-24,32-33,36-38,40-45,61H,21-22,25-27H2,1-9H3/t32-,33?,36-,37+,38?,40+,41+,42-,43?,44+,45?,51+,52-/m1/s1. The summed E-state index contributed by atoms with van der Waals surface area (Å²) in [5.41, 5.74) is -4.93. The summed E-state index contributed by atoms with van der Waals surface area (Å²) in [6.45, 7) is 10.3. The summed E-state index contributed by atoms with van der Waals surface area (Å²) in [6.07, 6.45) is -5.90. The molecule has 3 aliphatic carbocycles. The van der Waals surface area contributed by atoms with Crippen LogP contribution in [0.15, 0.2) is 84.6 Å². The molecule has 9 rings (SSSR count). The van der Waals surface area contributed by atoms with Crippen LogP contribution in [-0.2, 0) is 47.5 Å². The first-order valence-corrected chi connectivity index (χ1v) is 23.7. The first-order valence-electron chi connectivity index (χ1n) is 23.7. The molecule has 70 heavy (non-hydrogen) atoms. The zero-order valence-electron chi connectivity index (χ0n) is 40.9. The molecule has 0 radical (unpaired) electrons. The van der Waals surface area contributed by atoms with Gasteiger partial charge in [0.1, 0.15) is 58.9 Å². The van der Waals surface area contributed by atoms with Crippen LogP contribution in [0.4, 0.5) is 9.18 Å². The molecule has 4 heterocycles. The van der Waals surface area contributed by atoms with Crippen molar-refractivity contribution < 1.29 is 71.3 Å². The lowest BCUT2D eigenvalue weighted by Gasteiger charge is -2.64. The van der Waals surface area contributed by atoms with Gasteiger partial charge < -0.3 is 52.6 Å². The van der Waals surface area contributed by atoms with E-state index in [1.54, 1.807) is 81.4 Å². The first-order chi connectivity index (χ1) is 33.2. The number of methoxy groups -OCH3 is 1. The fourth-order valence-electron chi connectivity index (χ4n) is 11.5. The normalized spacial score (nSPS) is 34.0. The molecule has 5 fully saturated rings. The van der Waals surface area contributed by atoms with Crippen LogP contribution < -0.4 is 4.74 Å². The summed E-state index contributed by atoms with van der Waals surface area (Å²) in [7, 11) is 5.28. The average Bonchev–Trinajstić information content (AvgIpc) is 3.89. The molecule has 18 heteroatoms. The molecule has 0 spiro atoms. The van der Waals surface area contributed by atoms with Crippen molar-refractivity contribution in [1.29, 1.82) is 0 Å². The Balaban J connectivity index is 1.17. The summed E-state index contributed by atoms with van der Waals surface area (Å²) >= 11 is 0. The van der Waals surface area contributed by atoms with Crippen molar-refractivity contribution in [3.8, 4) is 5.75 Å². The van der Waals surface area contributed by atoms with Crippen molar-refractivity contribution in [2.24, 2.45) is 17.3 Å². The van der Waals surface area contributed by atoms with E-state index in [9.17, 15) is 19.5 Å². The second-order valence-electron chi connectivity index (χ2n) is 20.9. The Morgan fingerprint density at radius 1 is 0.957 bits per heavy atom. The molecule has 1 aromatic heterocycles. The van der Waals surface area contributed by atoms with E-state index in [2.05, 4.69) is 4.98 Å². The summed E-state index contributed by atoms with van der Waals surface area (Å²) in [5, 5.41) is 13.9. The van der Waals surface area contributed by atoms with E-state index in [0.717, 1.165) is 11.0 Å². The minimum atomic E-state index is -2.09. The third-order valence-electron chi connectivity index (χ3n) is 14.7. The Labute approximate surface area is 406 Å². The van der Waals surface area contributed by atoms with E-state index < -0.39 is 119 Å². The number of rotatable bonds is 10. The number of esters is 3. The van der Waals surface area contributed by atoms with Crippen LogP contribution in [0.25, 0.3) is 0 Å². The Hall–Kier alpha value is -5.50. The summed E-state index contributed by atoms with van der Waals surface area (Å²) < 4.78 is 73.2. The van der Waals surface area contributed by atoms with E-state index >= 15 is 9.18 Å². The predicted octanol–water partition coefficient (Wildman–Crippen LogP) is 6.24. The van der Waals surface area contributed by atoms with Gasteiger partial charge in [-0.15, -0.1) is 0 Å². The lowest BCUT2D eigenvalue weighted by molar-refractivity contribution is -0.330. The maximum atomic E-state index is 16.1. The molecular weight excluding hydrogens is 910 g/mol. The molecule has 1 N–H and O–H groups in total. The highest BCUT2D eigenvalue weighted by Crippen LogP contribution is 2.62. The number of benzene rings is 2. The smallest absolute Gasteiger partial charge is 0.413 e. The van der Waals surface area contributed by atoms with E-state index in [-0.39, 0.29) is 24.3 Å². The van der Waals surface area contributed by atoms with Crippen molar-refractivity contribution in [1.82, 2.24) is 14.8 Å². The number of likely N-dealkylation sites (N-methyl/N-ethyl adjacent to an activating group) is 1. The van der Waals surface area contributed by atoms with Crippen LogP contribution in [-0.4, -0.2) is 138 Å². The minimum Gasteiger partial charge on any atom is -0.497 e. The Morgan fingerprint density at radius 2 is 1.69 bits per heavy atom. The molecule has 3 saturated heterocycles. The highest BCUT2D eigenvalue weighted by Gasteiger charge is 2.74. The fraction of sp³-hybridized carbons (Fsp3) is 0.558. The molecule has 3 aliphatic heterocycles. The monoisotopic (exact) mass is 971 g/mol. The highest BCUT2D eigenvalue weighted by molar-refractivity contribution is 5.89. The highest BCUT2D eigenvalue weighted by atomic mass is 19.1. The number of carbonyl (C=O) groups is 4. The van der Waals surface area contributed by atoms with Crippen molar-refractivity contribution in [2.75, 3.05) is 34.4 Å². The molecule has 1 amide bonds. The number of halogens is 1. The minimum absolute atomic E-state index is 0.0389. The number of ether oxygens (including phenoxy) is 9. The molecule has 13 atom stereocenters. The van der Waals surface area contributed by atoms with Crippen LogP contribution in [0, 0.1) is 23.1 Å². The van der Waals surface area contributed by atoms with Crippen molar-refractivity contribution in [3.05, 3.63) is 107 Å². The Morgan fingerprint density at radius 3 is 2.31 bits per heavy atom. The first kappa shape index (κ1) is 49.5. The molecule has 2 aromatic carbocycles. The van der Waals surface area contributed by atoms with Gasteiger partial charge in [0.05, 0.1) is 25.4 Å². The largest absolute Gasteiger partial charge is 0.497 e. The van der Waals surface area contributed by atoms with Gasteiger partial charge in [0.2, 0.25) is 0 Å². The Bertz CT molecular complexity index is 2500. The Kier molecular flexibility index (Phi) is 13.1. The van der Waals surface area contributed by atoms with Crippen LogP contribution in [0.3, 0.4) is 0 Å². The van der Waals surface area contributed by atoms with Gasteiger partial charge in [-0.25, -0.2) is 18.8 Å². The number of pyridine rings is 1. The molecule has 17 nitrogen and oxygen atoms in total. The van der Waals surface area contributed by atoms with E-state index in [4.69, 9.17) is 42.6 Å². The van der Waals surface area contributed by atoms with Gasteiger partial charge in [0.15, 0.2) is 24.2 Å². The maximum absolute atomic E-state index is 16.1. The molecule has 4 unspecified atom stereocenters. The van der Waals surface area contributed by atoms with E-state index in [1.807, 2.05) is 32.8 Å². The van der Waals surface area contributed by atoms with Crippen molar-refractivity contribution in [2.45, 2.75) is 133 Å². The zero-order valence-corrected chi connectivity index (χ0v) is 40.9. The van der Waals surface area contributed by atoms with E-state index in [0.29, 0.717) is 36.3 Å². The third kappa shape index (κ3) is 8.74. The lowest BCUT2D eigenvalue weighted by Crippen LogP contribution is -2.77. The van der Waals surface area contributed by atoms with Gasteiger partial charge in [-0.3, -0.25) is 14.7 Å². The van der Waals surface area contributed by atoms with Gasteiger partial charge >= 0.3 is 24.0 Å². The zero-order chi connectivity index (χ0) is 50.1. The molecule has 3 aromatic rings. The second-order valence-corrected chi connectivity index (χ2v) is 20.9. The quantitative estimate of drug-likeness (QED) is 0.136. The van der Waals surface area contributed by atoms with Gasteiger partial charge in [-0.05, 0) is 102 Å². The topological polar surface area (TPSA) is 191 Å². The summed E-state index contributed by atoms with van der Waals surface area (Å²) in [5.74, 6) is -4.09. The van der Waals surface area contributed by atoms with Crippen molar-refractivity contribution >= 4 is 24.0 Å². The van der Waals surface area contributed by atoms with Gasteiger partial charge in [0, 0.05) is 43.0 Å². The summed E-state index contributed by atoms with van der Waals surface area (Å²) in [4.78, 5) is 64.6. The maximum Gasteiger partial charge on any atom is 0.413 e. The van der Waals surface area contributed by atoms with Crippen LogP contribution in [0.2, 0.25) is 0 Å². The molecule has 6 aliphatic rings. The van der Waals surface area contributed by atoms with Crippen LogP contribution in [0.1, 0.15) is 94.7 Å². The van der Waals surface area contributed by atoms with Gasteiger partial charge in [-0.2, -0.15) is 0 Å². The van der Waals surface area contributed by atoms with E-state index in [1.165, 1.54) is 26.3 Å². The molecular formula is C52H62FN3O14. The third-order valence-corrected chi connectivity index (χ3v) is 14.7. The van der Waals surface area contributed by atoms with Gasteiger partial charge in [0.25, 0.3) is 0 Å². The second kappa shape index (κ2) is 18.6. The SMILES string of the molecule is COc1ccc(C2OC(C(=O)O[C@@H]3C=C4[C@H]5O[C@@H](CN(C)C)O[C@H]5C5CC[C@H]6OC[C@@]6(OC(C)=O)C5[C@H](OC(=O)c5ccccc5)[C@](O)(C3)C4(C)C)[C@H](c3ncccc3F)N2C(=O)OC(C)(C)C)cc1. The lowest BCUT2D eigenvalue weighted by atomic mass is 9.49. The number of aliphatic hydroxyl groups is 1. The summed E-state index contributed by atoms with van der Waals surface area (Å²) in [6, 6.07) is 16.0. The molecule has 2 bridgehead atoms. The number of aromatic nitrogens is 1. The number of amides is 1. The molecule has 376 valence electrons. The molecule has 2 saturated carbocycles. The number of carbonyl (C=O) groups excluding carboxylic acids is 4. The number of fused-ring (bicyclic) bond motifs is 8. The van der Waals surface area contributed by atoms with Crippen LogP contribution in [0.5, 0.6) is 5.75 Å². The number of hydrogen-bond acceptors (Lipinski definition) is 16. The van der Waals surface area contributed by atoms with Crippen LogP contribution >= 0.6 is 0 Å². The van der Waals surface area contributed by atoms with Crippen molar-refractivity contribution in [3.63, 3.8) is 0 Å². The number of nitrogens with zero attached hydrogens (tertiary/aromatic N) is 3. The fourth-order valence-corrected chi connectivity index (χ4v) is 11.5. The predicted molar refractivity (Wildman–Crippen MR) is 245 cm³/mol. The average molecular weight is 972 g/mol. The van der Waals surface area contributed by atoms with Gasteiger partial charge in [-0.1, -0.05) is 44.2 Å². The number of hydrogen-bond donors (Lipinski definition) is 1.